The molecule has 0 atom stereocenters. The number of hydrogen-bond acceptors (Lipinski definition) is 4. The van der Waals surface area contributed by atoms with Crippen molar-refractivity contribution < 1.29 is 18.7 Å². The molecule has 0 spiro atoms. The van der Waals surface area contributed by atoms with Crippen LogP contribution in [0.3, 0.4) is 0 Å². The Morgan fingerprint density at radius 2 is 1.96 bits per heavy atom. The number of nitrogens with zero attached hydrogens (tertiary/aromatic N) is 2. The second kappa shape index (κ2) is 9.09. The summed E-state index contributed by atoms with van der Waals surface area (Å²) in [5, 5.41) is 5.43. The predicted molar refractivity (Wildman–Crippen MR) is 103 cm³/mol. The van der Waals surface area contributed by atoms with Crippen molar-refractivity contribution in [3.05, 3.63) is 60.2 Å². The lowest BCUT2D eigenvalue weighted by Crippen LogP contribution is -2.30. The van der Waals surface area contributed by atoms with Crippen LogP contribution >= 0.6 is 0 Å². The summed E-state index contributed by atoms with van der Waals surface area (Å²) >= 11 is 0. The van der Waals surface area contributed by atoms with Crippen molar-refractivity contribution in [2.24, 2.45) is 0 Å². The first-order chi connectivity index (χ1) is 13.6. The number of ether oxygens (including phenoxy) is 1. The molecule has 28 heavy (non-hydrogen) atoms. The smallest absolute Gasteiger partial charge is 0.245 e. The van der Waals surface area contributed by atoms with Gasteiger partial charge < -0.3 is 19.9 Å². The van der Waals surface area contributed by atoms with E-state index in [0.717, 1.165) is 11.0 Å². The number of para-hydroxylation sites is 2. The molecule has 0 bridgehead atoms. The first kappa shape index (κ1) is 19.5. The average molecular weight is 384 g/mol. The Morgan fingerprint density at radius 3 is 2.75 bits per heavy atom. The molecular weight excluding hydrogens is 363 g/mol. The fourth-order valence-corrected chi connectivity index (χ4v) is 2.90. The lowest BCUT2D eigenvalue weighted by atomic mass is 10.3. The molecule has 0 radical (unpaired) electrons. The van der Waals surface area contributed by atoms with E-state index in [-0.39, 0.29) is 25.0 Å². The van der Waals surface area contributed by atoms with E-state index in [4.69, 9.17) is 4.74 Å². The molecule has 0 aliphatic rings. The Morgan fingerprint density at radius 1 is 1.14 bits per heavy atom. The lowest BCUT2D eigenvalue weighted by Gasteiger charge is -2.11. The molecule has 7 nitrogen and oxygen atoms in total. The summed E-state index contributed by atoms with van der Waals surface area (Å²) in [6.45, 7) is 0.391. The molecule has 0 fully saturated rings. The molecule has 2 amide bonds. The maximum Gasteiger partial charge on any atom is 0.245 e. The Hall–Kier alpha value is -3.26. The van der Waals surface area contributed by atoms with E-state index >= 15 is 0 Å². The standard InChI is InChI=1S/C20H21FN4O3/c1-28-13-20(27)22-10-9-18-24-16-7-2-3-8-17(16)25(18)12-19(26)23-15-6-4-5-14(21)11-15/h2-8,11H,9-10,12-13H2,1H3,(H,22,27)(H,23,26). The zero-order valence-corrected chi connectivity index (χ0v) is 15.4. The highest BCUT2D eigenvalue weighted by atomic mass is 19.1. The molecule has 1 aromatic heterocycles. The van der Waals surface area contributed by atoms with Gasteiger partial charge in [0.15, 0.2) is 0 Å². The van der Waals surface area contributed by atoms with Crippen LogP contribution in [0.25, 0.3) is 11.0 Å². The van der Waals surface area contributed by atoms with Gasteiger partial charge in [0.05, 0.1) is 11.0 Å². The molecule has 146 valence electrons. The molecule has 3 rings (SSSR count). The number of carbonyl (C=O) groups excluding carboxylic acids is 2. The van der Waals surface area contributed by atoms with Crippen molar-refractivity contribution in [1.82, 2.24) is 14.9 Å². The number of methoxy groups -OCH3 is 1. The van der Waals surface area contributed by atoms with Crippen molar-refractivity contribution in [2.45, 2.75) is 13.0 Å². The van der Waals surface area contributed by atoms with E-state index in [0.29, 0.717) is 24.5 Å². The van der Waals surface area contributed by atoms with Gasteiger partial charge >= 0.3 is 0 Å². The van der Waals surface area contributed by atoms with E-state index < -0.39 is 5.82 Å². The number of hydrogen-bond donors (Lipinski definition) is 2. The van der Waals surface area contributed by atoms with Gasteiger partial charge in [-0.3, -0.25) is 9.59 Å². The first-order valence-electron chi connectivity index (χ1n) is 8.82. The van der Waals surface area contributed by atoms with E-state index in [2.05, 4.69) is 15.6 Å². The monoisotopic (exact) mass is 384 g/mol. The van der Waals surface area contributed by atoms with Gasteiger partial charge in [0.2, 0.25) is 11.8 Å². The van der Waals surface area contributed by atoms with E-state index in [1.165, 1.54) is 25.3 Å². The number of anilines is 1. The van der Waals surface area contributed by atoms with Gasteiger partial charge in [-0.05, 0) is 30.3 Å². The molecule has 0 unspecified atom stereocenters. The van der Waals surface area contributed by atoms with Gasteiger partial charge in [-0.1, -0.05) is 18.2 Å². The first-order valence-corrected chi connectivity index (χ1v) is 8.82. The Bertz CT molecular complexity index is 986. The minimum Gasteiger partial charge on any atom is -0.375 e. The van der Waals surface area contributed by atoms with Crippen molar-refractivity contribution in [2.75, 3.05) is 25.6 Å². The summed E-state index contributed by atoms with van der Waals surface area (Å²) in [5.41, 5.74) is 1.97. The third-order valence-electron chi connectivity index (χ3n) is 4.09. The highest BCUT2D eigenvalue weighted by Gasteiger charge is 2.14. The number of imidazole rings is 1. The van der Waals surface area contributed by atoms with Gasteiger partial charge in [-0.2, -0.15) is 0 Å². The number of nitrogens with one attached hydrogen (secondary N) is 2. The number of aromatic nitrogens is 2. The van der Waals surface area contributed by atoms with Crippen LogP contribution in [-0.2, 0) is 27.3 Å². The maximum absolute atomic E-state index is 13.3. The Kier molecular flexibility index (Phi) is 6.33. The van der Waals surface area contributed by atoms with Crippen molar-refractivity contribution in [3.63, 3.8) is 0 Å². The zero-order valence-electron chi connectivity index (χ0n) is 15.4. The SMILES string of the molecule is COCC(=O)NCCc1nc2ccccc2n1CC(=O)Nc1cccc(F)c1. The summed E-state index contributed by atoms with van der Waals surface area (Å²) in [5.74, 6) is -0.251. The van der Waals surface area contributed by atoms with Crippen LogP contribution in [-0.4, -0.2) is 41.6 Å². The van der Waals surface area contributed by atoms with E-state index in [1.54, 1.807) is 10.6 Å². The fourth-order valence-electron chi connectivity index (χ4n) is 2.90. The van der Waals surface area contributed by atoms with Crippen LogP contribution < -0.4 is 10.6 Å². The largest absolute Gasteiger partial charge is 0.375 e. The van der Waals surface area contributed by atoms with Gasteiger partial charge in [0, 0.05) is 25.8 Å². The molecule has 8 heteroatoms. The van der Waals surface area contributed by atoms with E-state index in [9.17, 15) is 14.0 Å². The molecule has 0 saturated carbocycles. The third kappa shape index (κ3) is 4.92. The summed E-state index contributed by atoms with van der Waals surface area (Å²) in [4.78, 5) is 28.6. The zero-order chi connectivity index (χ0) is 19.9. The molecule has 1 heterocycles. The van der Waals surface area contributed by atoms with Crippen LogP contribution in [0.1, 0.15) is 5.82 Å². The van der Waals surface area contributed by atoms with Crippen LogP contribution in [0, 0.1) is 5.82 Å². The van der Waals surface area contributed by atoms with Crippen LogP contribution in [0.2, 0.25) is 0 Å². The number of rotatable bonds is 8. The average Bonchev–Trinajstić information content (AvgIpc) is 2.99. The quantitative estimate of drug-likeness (QED) is 0.623. The minimum absolute atomic E-state index is 0.00748. The molecule has 0 saturated heterocycles. The number of halogens is 1. The van der Waals surface area contributed by atoms with Gasteiger partial charge in [0.1, 0.15) is 24.8 Å². The van der Waals surface area contributed by atoms with Gasteiger partial charge in [-0.15, -0.1) is 0 Å². The minimum atomic E-state index is -0.418. The third-order valence-corrected chi connectivity index (χ3v) is 4.09. The molecule has 2 aromatic carbocycles. The normalized spacial score (nSPS) is 10.8. The number of benzene rings is 2. The highest BCUT2D eigenvalue weighted by molar-refractivity contribution is 5.91. The summed E-state index contributed by atoms with van der Waals surface area (Å²) in [6.07, 6.45) is 0.456. The maximum atomic E-state index is 13.3. The second-order valence-electron chi connectivity index (χ2n) is 6.19. The summed E-state index contributed by atoms with van der Waals surface area (Å²) < 4.78 is 19.9. The Balaban J connectivity index is 1.74. The number of fused-ring (bicyclic) bond motifs is 1. The molecular formula is C20H21FN4O3. The number of carbonyl (C=O) groups is 2. The number of amides is 2. The highest BCUT2D eigenvalue weighted by Crippen LogP contribution is 2.17. The van der Waals surface area contributed by atoms with Crippen molar-refractivity contribution >= 4 is 28.5 Å². The van der Waals surface area contributed by atoms with Crippen molar-refractivity contribution in [1.29, 1.82) is 0 Å². The van der Waals surface area contributed by atoms with Crippen molar-refractivity contribution in [3.8, 4) is 0 Å². The second-order valence-corrected chi connectivity index (χ2v) is 6.19. The molecule has 2 N–H and O–H groups in total. The van der Waals surface area contributed by atoms with E-state index in [1.807, 2.05) is 24.3 Å². The van der Waals surface area contributed by atoms with Crippen LogP contribution in [0.5, 0.6) is 0 Å². The Labute approximate surface area is 161 Å². The van der Waals surface area contributed by atoms with Crippen LogP contribution in [0.15, 0.2) is 48.5 Å². The fraction of sp³-hybridized carbons (Fsp3) is 0.250. The van der Waals surface area contributed by atoms with Gasteiger partial charge in [-0.25, -0.2) is 9.37 Å². The molecule has 0 aliphatic heterocycles. The van der Waals surface area contributed by atoms with Crippen LogP contribution in [0.4, 0.5) is 10.1 Å². The summed E-state index contributed by atoms with van der Waals surface area (Å²) in [6, 6.07) is 13.2. The summed E-state index contributed by atoms with van der Waals surface area (Å²) in [7, 11) is 1.45. The predicted octanol–water partition coefficient (Wildman–Crippen LogP) is 2.12. The molecule has 0 aliphatic carbocycles. The van der Waals surface area contributed by atoms with Gasteiger partial charge in [0.25, 0.3) is 0 Å². The molecule has 3 aromatic rings. The lowest BCUT2D eigenvalue weighted by molar-refractivity contribution is -0.124. The topological polar surface area (TPSA) is 85.2 Å².